The number of thiol groups is 1. The maximum Gasteiger partial charge on any atom is 0.185 e. The van der Waals surface area contributed by atoms with Crippen molar-refractivity contribution in [3.8, 4) is 0 Å². The van der Waals surface area contributed by atoms with E-state index < -0.39 is 0 Å². The molecule has 1 nitrogen and oxygen atoms in total. The summed E-state index contributed by atoms with van der Waals surface area (Å²) < 4.78 is 0. The Kier molecular flexibility index (Phi) is 16.6. The first-order chi connectivity index (χ1) is 9.77. The highest BCUT2D eigenvalue weighted by Crippen LogP contribution is 2.10. The molecule has 0 radical (unpaired) electrons. The van der Waals surface area contributed by atoms with Crippen LogP contribution < -0.4 is 0 Å². The van der Waals surface area contributed by atoms with E-state index in [1.807, 2.05) is 0 Å². The molecule has 0 aromatic rings. The highest BCUT2D eigenvalue weighted by Gasteiger charge is 1.94. The van der Waals surface area contributed by atoms with Crippen molar-refractivity contribution in [2.24, 2.45) is 0 Å². The van der Waals surface area contributed by atoms with Gasteiger partial charge in [-0.1, -0.05) is 70.4 Å². The standard InChI is InChI=1S/C18H34OS/c1-2-3-4-5-6-7-8-9-10-11-12-13-14-15-16-17-18(19)20/h9-10H,2-8,11-17H2,1H3,(H,19,20). The summed E-state index contributed by atoms with van der Waals surface area (Å²) in [5.74, 6) is 0. The van der Waals surface area contributed by atoms with Crippen molar-refractivity contribution < 1.29 is 4.79 Å². The minimum Gasteiger partial charge on any atom is -0.288 e. The molecule has 0 amide bonds. The number of unbranched alkanes of at least 4 members (excludes halogenated alkanes) is 11. The first-order valence-corrected chi connectivity index (χ1v) is 9.09. The molecule has 118 valence electrons. The molecule has 20 heavy (non-hydrogen) atoms. The molecule has 0 aromatic carbocycles. The molecule has 0 atom stereocenters. The Bertz CT molecular complexity index is 236. The molecule has 2 heteroatoms. The van der Waals surface area contributed by atoms with E-state index in [1.54, 1.807) is 0 Å². The van der Waals surface area contributed by atoms with Crippen LogP contribution in [-0.2, 0) is 4.79 Å². The number of carbonyl (C=O) groups is 1. The third-order valence-corrected chi connectivity index (χ3v) is 3.88. The van der Waals surface area contributed by atoms with Gasteiger partial charge in [0.05, 0.1) is 0 Å². The number of hydrogen-bond donors (Lipinski definition) is 1. The molecule has 0 aromatic heterocycles. The van der Waals surface area contributed by atoms with Crippen molar-refractivity contribution in [2.75, 3.05) is 0 Å². The second-order valence-electron chi connectivity index (χ2n) is 5.73. The Morgan fingerprint density at radius 3 is 1.70 bits per heavy atom. The van der Waals surface area contributed by atoms with Gasteiger partial charge in [0.1, 0.15) is 0 Å². The molecular weight excluding hydrogens is 264 g/mol. The van der Waals surface area contributed by atoms with Crippen LogP contribution in [0.15, 0.2) is 12.2 Å². The van der Waals surface area contributed by atoms with Gasteiger partial charge in [0, 0.05) is 6.42 Å². The highest BCUT2D eigenvalue weighted by atomic mass is 32.1. The minimum atomic E-state index is 0.0302. The van der Waals surface area contributed by atoms with Gasteiger partial charge in [-0.2, -0.15) is 0 Å². The van der Waals surface area contributed by atoms with Gasteiger partial charge in [0.25, 0.3) is 0 Å². The van der Waals surface area contributed by atoms with Crippen molar-refractivity contribution in [3.63, 3.8) is 0 Å². The number of carbonyl (C=O) groups excluding carboxylic acids is 1. The minimum absolute atomic E-state index is 0.0302. The molecule has 0 saturated heterocycles. The molecule has 0 aliphatic carbocycles. The summed E-state index contributed by atoms with van der Waals surface area (Å²) in [5.41, 5.74) is 0. The summed E-state index contributed by atoms with van der Waals surface area (Å²) in [6.45, 7) is 2.27. The molecule has 0 spiro atoms. The lowest BCUT2D eigenvalue weighted by Crippen LogP contribution is -1.86. The maximum absolute atomic E-state index is 10.6. The summed E-state index contributed by atoms with van der Waals surface area (Å²) >= 11 is 3.77. The molecule has 0 rings (SSSR count). The molecule has 0 bridgehead atoms. The van der Waals surface area contributed by atoms with Gasteiger partial charge in [0.2, 0.25) is 0 Å². The third kappa shape index (κ3) is 17.8. The topological polar surface area (TPSA) is 17.1 Å². The van der Waals surface area contributed by atoms with Gasteiger partial charge in [0.15, 0.2) is 5.12 Å². The van der Waals surface area contributed by atoms with Crippen LogP contribution in [0.25, 0.3) is 0 Å². The Morgan fingerprint density at radius 1 is 0.750 bits per heavy atom. The molecule has 0 unspecified atom stereocenters. The fraction of sp³-hybridized carbons (Fsp3) is 0.833. The van der Waals surface area contributed by atoms with Crippen LogP contribution in [0.3, 0.4) is 0 Å². The largest absolute Gasteiger partial charge is 0.288 e. The average Bonchev–Trinajstić information content (AvgIpc) is 2.43. The second-order valence-corrected chi connectivity index (χ2v) is 6.23. The van der Waals surface area contributed by atoms with Gasteiger partial charge in [-0.25, -0.2) is 0 Å². The normalized spacial score (nSPS) is 11.3. The summed E-state index contributed by atoms with van der Waals surface area (Å²) in [7, 11) is 0. The van der Waals surface area contributed by atoms with Gasteiger partial charge >= 0.3 is 0 Å². The van der Waals surface area contributed by atoms with E-state index in [1.165, 1.54) is 77.0 Å². The summed E-state index contributed by atoms with van der Waals surface area (Å²) in [6, 6.07) is 0. The van der Waals surface area contributed by atoms with Gasteiger partial charge in [-0.05, 0) is 32.1 Å². The first-order valence-electron chi connectivity index (χ1n) is 8.64. The van der Waals surface area contributed by atoms with Gasteiger partial charge in [-0.3, -0.25) is 4.79 Å². The van der Waals surface area contributed by atoms with Crippen LogP contribution in [0.1, 0.15) is 96.8 Å². The van der Waals surface area contributed by atoms with E-state index in [9.17, 15) is 4.79 Å². The lowest BCUT2D eigenvalue weighted by molar-refractivity contribution is -0.110. The number of rotatable bonds is 15. The van der Waals surface area contributed by atoms with Crippen LogP contribution in [0.2, 0.25) is 0 Å². The molecule has 0 heterocycles. The van der Waals surface area contributed by atoms with Crippen molar-refractivity contribution in [3.05, 3.63) is 12.2 Å². The Balaban J connectivity index is 3.07. The predicted octanol–water partition coefficient (Wildman–Crippen LogP) is 6.48. The third-order valence-electron chi connectivity index (χ3n) is 3.65. The SMILES string of the molecule is CCCCCCCCC=CCCCCCCCC(=O)S. The lowest BCUT2D eigenvalue weighted by atomic mass is 10.1. The van der Waals surface area contributed by atoms with Crippen LogP contribution in [0.4, 0.5) is 0 Å². The van der Waals surface area contributed by atoms with Crippen molar-refractivity contribution >= 4 is 17.7 Å². The van der Waals surface area contributed by atoms with Crippen molar-refractivity contribution in [1.29, 1.82) is 0 Å². The first kappa shape index (κ1) is 19.8. The van der Waals surface area contributed by atoms with Gasteiger partial charge in [-0.15, -0.1) is 12.6 Å². The molecule has 0 saturated carbocycles. The van der Waals surface area contributed by atoms with Crippen LogP contribution in [0.5, 0.6) is 0 Å². The van der Waals surface area contributed by atoms with E-state index in [0.29, 0.717) is 6.42 Å². The van der Waals surface area contributed by atoms with E-state index >= 15 is 0 Å². The number of hydrogen-bond acceptors (Lipinski definition) is 1. The van der Waals surface area contributed by atoms with Crippen molar-refractivity contribution in [2.45, 2.75) is 96.8 Å². The van der Waals surface area contributed by atoms with E-state index in [0.717, 1.165) is 6.42 Å². The van der Waals surface area contributed by atoms with E-state index in [2.05, 4.69) is 31.7 Å². The van der Waals surface area contributed by atoms with E-state index in [-0.39, 0.29) is 5.12 Å². The predicted molar refractivity (Wildman–Crippen MR) is 93.4 cm³/mol. The molecule has 0 aliphatic heterocycles. The Morgan fingerprint density at radius 2 is 1.20 bits per heavy atom. The molecule has 0 N–H and O–H groups in total. The Hall–Kier alpha value is -0.240. The quantitative estimate of drug-likeness (QED) is 0.208. The zero-order valence-corrected chi connectivity index (χ0v) is 14.3. The number of allylic oxidation sites excluding steroid dienone is 2. The smallest absolute Gasteiger partial charge is 0.185 e. The van der Waals surface area contributed by atoms with E-state index in [4.69, 9.17) is 0 Å². The summed E-state index contributed by atoms with van der Waals surface area (Å²) in [6.07, 6.45) is 22.2. The van der Waals surface area contributed by atoms with Crippen LogP contribution >= 0.6 is 12.6 Å². The zero-order chi connectivity index (χ0) is 14.9. The highest BCUT2D eigenvalue weighted by molar-refractivity contribution is 7.96. The Labute approximate surface area is 132 Å². The fourth-order valence-corrected chi connectivity index (χ4v) is 2.51. The van der Waals surface area contributed by atoms with Crippen molar-refractivity contribution in [1.82, 2.24) is 0 Å². The monoisotopic (exact) mass is 298 g/mol. The molecule has 0 aliphatic rings. The average molecular weight is 299 g/mol. The summed E-state index contributed by atoms with van der Waals surface area (Å²) in [4.78, 5) is 10.6. The molecular formula is C18H34OS. The molecule has 0 fully saturated rings. The second kappa shape index (κ2) is 16.8. The van der Waals surface area contributed by atoms with Crippen LogP contribution in [-0.4, -0.2) is 5.12 Å². The zero-order valence-electron chi connectivity index (χ0n) is 13.4. The maximum atomic E-state index is 10.6. The lowest BCUT2D eigenvalue weighted by Gasteiger charge is -1.99. The van der Waals surface area contributed by atoms with Crippen LogP contribution in [0, 0.1) is 0 Å². The van der Waals surface area contributed by atoms with Gasteiger partial charge < -0.3 is 0 Å². The summed E-state index contributed by atoms with van der Waals surface area (Å²) in [5, 5.41) is 0.0302. The fourth-order valence-electron chi connectivity index (χ4n) is 2.35.